The lowest BCUT2D eigenvalue weighted by molar-refractivity contribution is -0.231. The van der Waals surface area contributed by atoms with E-state index in [1.165, 1.54) is 0 Å². The second-order valence-corrected chi connectivity index (χ2v) is 9.31. The molecule has 2 unspecified atom stereocenters. The molecule has 4 aliphatic rings. The Hall–Kier alpha value is -2.54. The zero-order valence-corrected chi connectivity index (χ0v) is 18.0. The van der Waals surface area contributed by atoms with Crippen molar-refractivity contribution in [2.24, 2.45) is 29.6 Å². The topological polar surface area (TPSA) is 90.0 Å². The minimum Gasteiger partial charge on any atom is -0.463 e. The summed E-state index contributed by atoms with van der Waals surface area (Å²) in [4.78, 5) is 55.7. The van der Waals surface area contributed by atoms with E-state index in [0.29, 0.717) is 5.69 Å². The Labute approximate surface area is 181 Å². The van der Waals surface area contributed by atoms with Gasteiger partial charge in [-0.2, -0.15) is 0 Å². The van der Waals surface area contributed by atoms with E-state index in [-0.39, 0.29) is 24.3 Å². The second-order valence-electron chi connectivity index (χ2n) is 9.31. The summed E-state index contributed by atoms with van der Waals surface area (Å²) in [7, 11) is 0. The van der Waals surface area contributed by atoms with E-state index < -0.39 is 46.6 Å². The molecule has 0 aromatic heterocycles. The summed E-state index contributed by atoms with van der Waals surface area (Å²) in [6.45, 7) is 5.52. The summed E-state index contributed by atoms with van der Waals surface area (Å²) >= 11 is 0. The molecule has 7 atom stereocenters. The summed E-state index contributed by atoms with van der Waals surface area (Å²) < 4.78 is 11.8. The molecule has 5 rings (SSSR count). The highest BCUT2D eigenvalue weighted by atomic mass is 16.6. The molecule has 2 amide bonds. The number of para-hydroxylation sites is 1. The lowest BCUT2D eigenvalue weighted by Crippen LogP contribution is -2.66. The number of hydrogen-bond acceptors (Lipinski definition) is 6. The first-order valence-electron chi connectivity index (χ1n) is 11.2. The highest BCUT2D eigenvalue weighted by Crippen LogP contribution is 2.66. The predicted molar refractivity (Wildman–Crippen MR) is 110 cm³/mol. The number of ketones is 1. The predicted octanol–water partition coefficient (Wildman–Crippen LogP) is 2.52. The van der Waals surface area contributed by atoms with Crippen LogP contribution in [0.2, 0.25) is 0 Å². The average Bonchev–Trinajstić information content (AvgIpc) is 3.20. The fourth-order valence-corrected chi connectivity index (χ4v) is 6.82. The third-order valence-corrected chi connectivity index (χ3v) is 8.05. The molecule has 1 aromatic carbocycles. The van der Waals surface area contributed by atoms with Crippen molar-refractivity contribution < 1.29 is 28.7 Å². The van der Waals surface area contributed by atoms with Crippen molar-refractivity contribution in [2.75, 3.05) is 11.5 Å². The van der Waals surface area contributed by atoms with Crippen LogP contribution in [0, 0.1) is 29.6 Å². The molecule has 1 aromatic rings. The zero-order valence-electron chi connectivity index (χ0n) is 18.0. The van der Waals surface area contributed by atoms with Gasteiger partial charge in [0, 0.05) is 5.92 Å². The molecule has 7 nitrogen and oxygen atoms in total. The maximum absolute atomic E-state index is 13.8. The second kappa shape index (κ2) is 6.73. The number of esters is 1. The highest BCUT2D eigenvalue weighted by molar-refractivity contribution is 6.28. The highest BCUT2D eigenvalue weighted by Gasteiger charge is 2.83. The Morgan fingerprint density at radius 1 is 1.10 bits per heavy atom. The number of imide groups is 1. The number of amides is 2. The first-order chi connectivity index (χ1) is 14.8. The molecule has 0 N–H and O–H groups in total. The van der Waals surface area contributed by atoms with Crippen molar-refractivity contribution in [2.45, 2.75) is 51.2 Å². The number of anilines is 1. The summed E-state index contributed by atoms with van der Waals surface area (Å²) in [6.07, 6.45) is 2.46. The summed E-state index contributed by atoms with van der Waals surface area (Å²) in [5.74, 6) is -5.05. The van der Waals surface area contributed by atoms with E-state index in [1.807, 2.05) is 6.92 Å². The lowest BCUT2D eigenvalue weighted by atomic mass is 9.59. The van der Waals surface area contributed by atoms with Gasteiger partial charge in [0.05, 0.1) is 23.8 Å². The number of fused-ring (bicyclic) bond motifs is 3. The Kier molecular flexibility index (Phi) is 4.42. The van der Waals surface area contributed by atoms with E-state index in [4.69, 9.17) is 9.47 Å². The third-order valence-electron chi connectivity index (χ3n) is 8.05. The van der Waals surface area contributed by atoms with E-state index in [9.17, 15) is 19.2 Å². The fourth-order valence-electron chi connectivity index (χ4n) is 6.82. The molecule has 1 spiro atoms. The van der Waals surface area contributed by atoms with Gasteiger partial charge < -0.3 is 9.47 Å². The van der Waals surface area contributed by atoms with Crippen LogP contribution in [0.3, 0.4) is 0 Å². The normalized spacial score (nSPS) is 41.2. The first-order valence-corrected chi connectivity index (χ1v) is 11.2. The fraction of sp³-hybridized carbons (Fsp3) is 0.583. The van der Waals surface area contributed by atoms with Gasteiger partial charge >= 0.3 is 5.97 Å². The van der Waals surface area contributed by atoms with Gasteiger partial charge in [-0.3, -0.25) is 14.4 Å². The third kappa shape index (κ3) is 2.27. The first kappa shape index (κ1) is 20.4. The largest absolute Gasteiger partial charge is 0.463 e. The van der Waals surface area contributed by atoms with Crippen molar-refractivity contribution >= 4 is 29.3 Å². The molecule has 0 radical (unpaired) electrons. The monoisotopic (exact) mass is 425 g/mol. The van der Waals surface area contributed by atoms with Crippen molar-refractivity contribution in [1.29, 1.82) is 0 Å². The SMILES string of the molecule is CCOC(=O)[C@]12O[C@@]3(C(C)CCC[C@@H]3C(C)C1=O)[C@H]1C(=O)N(c3ccccc3)C(=O)[C@H]12. The molecule has 3 saturated heterocycles. The van der Waals surface area contributed by atoms with Crippen molar-refractivity contribution in [3.8, 4) is 0 Å². The quantitative estimate of drug-likeness (QED) is 0.420. The summed E-state index contributed by atoms with van der Waals surface area (Å²) in [5, 5.41) is 0. The number of Topliss-reactive ketones (excluding diaryl/α,β-unsaturated/α-hetero) is 1. The van der Waals surface area contributed by atoms with Crippen LogP contribution >= 0.6 is 0 Å². The van der Waals surface area contributed by atoms with Crippen LogP contribution < -0.4 is 4.90 Å². The number of nitrogens with zero attached hydrogens (tertiary/aromatic N) is 1. The van der Waals surface area contributed by atoms with Crippen LogP contribution in [0.15, 0.2) is 30.3 Å². The molecule has 1 aliphatic carbocycles. The van der Waals surface area contributed by atoms with E-state index in [2.05, 4.69) is 0 Å². The Bertz CT molecular complexity index is 976. The van der Waals surface area contributed by atoms with Gasteiger partial charge in [-0.25, -0.2) is 9.69 Å². The van der Waals surface area contributed by atoms with Gasteiger partial charge in [0.1, 0.15) is 5.92 Å². The van der Waals surface area contributed by atoms with Crippen LogP contribution in [-0.4, -0.2) is 41.4 Å². The molecule has 4 fully saturated rings. The summed E-state index contributed by atoms with van der Waals surface area (Å²) in [5.41, 5.74) is -2.64. The summed E-state index contributed by atoms with van der Waals surface area (Å²) in [6, 6.07) is 8.68. The number of carbonyl (C=O) groups excluding carboxylic acids is 4. The van der Waals surface area contributed by atoms with Gasteiger partial charge in [0.15, 0.2) is 5.78 Å². The molecular weight excluding hydrogens is 398 g/mol. The van der Waals surface area contributed by atoms with Crippen molar-refractivity contribution in [1.82, 2.24) is 0 Å². The number of rotatable bonds is 3. The zero-order chi connectivity index (χ0) is 22.1. The minimum absolute atomic E-state index is 0.0551. The van der Waals surface area contributed by atoms with E-state index >= 15 is 0 Å². The molecular formula is C24H27NO6. The Balaban J connectivity index is 1.75. The van der Waals surface area contributed by atoms with Crippen molar-refractivity contribution in [3.05, 3.63) is 30.3 Å². The molecule has 2 bridgehead atoms. The van der Waals surface area contributed by atoms with Gasteiger partial charge in [-0.15, -0.1) is 0 Å². The van der Waals surface area contributed by atoms with E-state index in [0.717, 1.165) is 24.2 Å². The minimum atomic E-state index is -2.06. The average molecular weight is 425 g/mol. The molecule has 31 heavy (non-hydrogen) atoms. The van der Waals surface area contributed by atoms with Crippen LogP contribution in [-0.2, 0) is 28.7 Å². The molecule has 3 aliphatic heterocycles. The Morgan fingerprint density at radius 3 is 2.45 bits per heavy atom. The van der Waals surface area contributed by atoms with E-state index in [1.54, 1.807) is 44.2 Å². The van der Waals surface area contributed by atoms with Crippen molar-refractivity contribution in [3.63, 3.8) is 0 Å². The smallest absolute Gasteiger partial charge is 0.347 e. The standard InChI is InChI=1S/C24H27NO6/c1-4-30-22(29)24-18-17(20(27)25(21(18)28)15-10-6-5-7-11-15)23(31-24)13(2)9-8-12-16(23)14(3)19(24)26/h5-7,10-11,13-14,16-18H,4,8-9,12H2,1-3H3/t13?,14?,16-,17-,18+,23-,24-/m1/s1. The molecule has 1 saturated carbocycles. The Morgan fingerprint density at radius 2 is 1.77 bits per heavy atom. The van der Waals surface area contributed by atoms with Gasteiger partial charge in [-0.05, 0) is 43.7 Å². The van der Waals surface area contributed by atoms with Gasteiger partial charge in [-0.1, -0.05) is 38.5 Å². The maximum Gasteiger partial charge on any atom is 0.347 e. The van der Waals surface area contributed by atoms with Crippen LogP contribution in [0.4, 0.5) is 5.69 Å². The van der Waals surface area contributed by atoms with Gasteiger partial charge in [0.2, 0.25) is 17.4 Å². The van der Waals surface area contributed by atoms with Crippen LogP contribution in [0.5, 0.6) is 0 Å². The van der Waals surface area contributed by atoms with Gasteiger partial charge in [0.25, 0.3) is 0 Å². The molecule has 3 heterocycles. The van der Waals surface area contributed by atoms with Crippen LogP contribution in [0.25, 0.3) is 0 Å². The van der Waals surface area contributed by atoms with Crippen LogP contribution in [0.1, 0.15) is 40.0 Å². The number of ether oxygens (including phenoxy) is 2. The lowest BCUT2D eigenvalue weighted by Gasteiger charge is -2.53. The number of hydrogen-bond donors (Lipinski definition) is 0. The number of benzene rings is 1. The number of carbonyl (C=O) groups is 4. The maximum atomic E-state index is 13.8. The molecule has 164 valence electrons. The molecule has 7 heteroatoms.